The lowest BCUT2D eigenvalue weighted by atomic mass is 9.93. The summed E-state index contributed by atoms with van der Waals surface area (Å²) in [7, 11) is 2.00. The van der Waals surface area contributed by atoms with Crippen LogP contribution in [0.15, 0.2) is 6.20 Å². The normalized spacial score (nSPS) is 19.0. The number of hydrogen-bond acceptors (Lipinski definition) is 2. The largest absolute Gasteiger partial charge is 0.330 e. The fourth-order valence-electron chi connectivity index (χ4n) is 2.10. The molecule has 0 aliphatic heterocycles. The van der Waals surface area contributed by atoms with Crippen LogP contribution in [-0.2, 0) is 12.5 Å². The first kappa shape index (κ1) is 8.75. The Bertz CT molecular complexity index is 310. The van der Waals surface area contributed by atoms with Crippen molar-refractivity contribution in [2.24, 2.45) is 12.8 Å². The Morgan fingerprint density at radius 3 is 2.69 bits per heavy atom. The van der Waals surface area contributed by atoms with Gasteiger partial charge in [-0.1, -0.05) is 0 Å². The van der Waals surface area contributed by atoms with Gasteiger partial charge in [0.05, 0.1) is 6.20 Å². The third-order valence-corrected chi connectivity index (χ3v) is 3.28. The van der Waals surface area contributed by atoms with Gasteiger partial charge >= 0.3 is 0 Å². The van der Waals surface area contributed by atoms with Crippen LogP contribution >= 0.6 is 0 Å². The third-order valence-electron chi connectivity index (χ3n) is 3.28. The average molecular weight is 179 g/mol. The van der Waals surface area contributed by atoms with Crippen molar-refractivity contribution in [3.63, 3.8) is 0 Å². The van der Waals surface area contributed by atoms with Gasteiger partial charge in [-0.2, -0.15) is 5.10 Å². The smallest absolute Gasteiger partial charge is 0.0530 e. The number of nitrogens with zero attached hydrogens (tertiary/aromatic N) is 2. The Labute approximate surface area is 78.9 Å². The predicted octanol–water partition coefficient (Wildman–Crippen LogP) is 1.11. The molecule has 2 rings (SSSR count). The number of nitrogens with two attached hydrogens (primary N) is 1. The summed E-state index contributed by atoms with van der Waals surface area (Å²) in [6, 6.07) is 0. The molecular weight excluding hydrogens is 162 g/mol. The zero-order chi connectivity index (χ0) is 9.47. The molecule has 0 radical (unpaired) electrons. The molecule has 1 fully saturated rings. The van der Waals surface area contributed by atoms with Crippen molar-refractivity contribution < 1.29 is 0 Å². The van der Waals surface area contributed by atoms with Crippen LogP contribution in [0.2, 0.25) is 0 Å². The highest BCUT2D eigenvalue weighted by Crippen LogP contribution is 2.51. The molecule has 13 heavy (non-hydrogen) atoms. The zero-order valence-corrected chi connectivity index (χ0v) is 8.38. The van der Waals surface area contributed by atoms with Gasteiger partial charge in [-0.15, -0.1) is 0 Å². The summed E-state index contributed by atoms with van der Waals surface area (Å²) >= 11 is 0. The van der Waals surface area contributed by atoms with Gasteiger partial charge in [-0.25, -0.2) is 0 Å². The molecule has 0 atom stereocenters. The minimum absolute atomic E-state index is 0.396. The van der Waals surface area contributed by atoms with Crippen LogP contribution in [0.25, 0.3) is 0 Å². The molecule has 0 bridgehead atoms. The first-order chi connectivity index (χ1) is 6.19. The van der Waals surface area contributed by atoms with E-state index < -0.39 is 0 Å². The fourth-order valence-corrected chi connectivity index (χ4v) is 2.10. The number of aromatic nitrogens is 2. The summed E-state index contributed by atoms with van der Waals surface area (Å²) in [4.78, 5) is 0. The van der Waals surface area contributed by atoms with Crippen LogP contribution in [0.4, 0.5) is 0 Å². The van der Waals surface area contributed by atoms with Gasteiger partial charge < -0.3 is 5.73 Å². The summed E-state index contributed by atoms with van der Waals surface area (Å²) in [6.07, 6.45) is 5.70. The average Bonchev–Trinajstić information content (AvgIpc) is 2.79. The van der Waals surface area contributed by atoms with E-state index in [0.717, 1.165) is 13.0 Å². The molecule has 0 amide bonds. The molecule has 1 aliphatic rings. The van der Waals surface area contributed by atoms with Crippen molar-refractivity contribution in [1.29, 1.82) is 0 Å². The van der Waals surface area contributed by atoms with E-state index in [9.17, 15) is 0 Å². The minimum atomic E-state index is 0.396. The second-order valence-electron chi connectivity index (χ2n) is 4.09. The molecule has 0 aromatic carbocycles. The summed E-state index contributed by atoms with van der Waals surface area (Å²) in [5.41, 5.74) is 8.73. The molecule has 3 nitrogen and oxygen atoms in total. The van der Waals surface area contributed by atoms with Gasteiger partial charge in [0.1, 0.15) is 0 Å². The summed E-state index contributed by atoms with van der Waals surface area (Å²) in [6.45, 7) is 2.92. The van der Waals surface area contributed by atoms with Crippen molar-refractivity contribution in [3.8, 4) is 0 Å². The highest BCUT2D eigenvalue weighted by Gasteiger charge is 2.45. The molecule has 1 saturated carbocycles. The van der Waals surface area contributed by atoms with E-state index in [2.05, 4.69) is 12.0 Å². The molecule has 1 aromatic rings. The van der Waals surface area contributed by atoms with Gasteiger partial charge in [0.15, 0.2) is 0 Å². The summed E-state index contributed by atoms with van der Waals surface area (Å²) in [5, 5.41) is 4.28. The third kappa shape index (κ3) is 1.27. The second kappa shape index (κ2) is 2.84. The minimum Gasteiger partial charge on any atom is -0.330 e. The van der Waals surface area contributed by atoms with E-state index in [0.29, 0.717) is 5.41 Å². The maximum Gasteiger partial charge on any atom is 0.0530 e. The Kier molecular flexibility index (Phi) is 1.91. The van der Waals surface area contributed by atoms with Crippen molar-refractivity contribution in [2.45, 2.75) is 31.6 Å². The molecule has 0 saturated heterocycles. The van der Waals surface area contributed by atoms with E-state index in [4.69, 9.17) is 5.73 Å². The van der Waals surface area contributed by atoms with Crippen LogP contribution in [-0.4, -0.2) is 16.3 Å². The number of rotatable bonds is 3. The number of hydrogen-bond donors (Lipinski definition) is 1. The lowest BCUT2D eigenvalue weighted by Gasteiger charge is -2.12. The maximum atomic E-state index is 5.62. The van der Waals surface area contributed by atoms with Gasteiger partial charge in [-0.05, 0) is 43.7 Å². The molecular formula is C10H17N3. The Hall–Kier alpha value is -0.830. The lowest BCUT2D eigenvalue weighted by Crippen LogP contribution is -2.14. The van der Waals surface area contributed by atoms with Crippen LogP contribution in [0.1, 0.15) is 30.5 Å². The summed E-state index contributed by atoms with van der Waals surface area (Å²) in [5.74, 6) is 0. The highest BCUT2D eigenvalue weighted by atomic mass is 15.3. The Morgan fingerprint density at radius 2 is 2.31 bits per heavy atom. The molecule has 2 N–H and O–H groups in total. The van der Waals surface area contributed by atoms with Gasteiger partial charge in [0.2, 0.25) is 0 Å². The zero-order valence-electron chi connectivity index (χ0n) is 8.38. The maximum absolute atomic E-state index is 5.62. The first-order valence-electron chi connectivity index (χ1n) is 4.89. The predicted molar refractivity (Wildman–Crippen MR) is 52.5 cm³/mol. The Morgan fingerprint density at radius 1 is 1.62 bits per heavy atom. The molecule has 0 spiro atoms. The molecule has 1 aromatic heterocycles. The molecule has 3 heteroatoms. The fraction of sp³-hybridized carbons (Fsp3) is 0.700. The SMILES string of the molecule is Cc1c(C2(CCN)CC2)cnn1C. The van der Waals surface area contributed by atoms with Crippen LogP contribution in [0.5, 0.6) is 0 Å². The van der Waals surface area contributed by atoms with Crippen molar-refractivity contribution in [1.82, 2.24) is 9.78 Å². The van der Waals surface area contributed by atoms with Crippen molar-refractivity contribution >= 4 is 0 Å². The quantitative estimate of drug-likeness (QED) is 0.755. The van der Waals surface area contributed by atoms with Gasteiger partial charge in [0.25, 0.3) is 0 Å². The second-order valence-corrected chi connectivity index (χ2v) is 4.09. The van der Waals surface area contributed by atoms with Crippen molar-refractivity contribution in [2.75, 3.05) is 6.54 Å². The van der Waals surface area contributed by atoms with E-state index in [1.54, 1.807) is 0 Å². The first-order valence-corrected chi connectivity index (χ1v) is 4.89. The Balaban J connectivity index is 2.30. The highest BCUT2D eigenvalue weighted by molar-refractivity contribution is 5.32. The van der Waals surface area contributed by atoms with Gasteiger partial charge in [0, 0.05) is 12.7 Å². The molecule has 0 unspecified atom stereocenters. The van der Waals surface area contributed by atoms with Crippen LogP contribution < -0.4 is 5.73 Å². The van der Waals surface area contributed by atoms with E-state index in [1.807, 2.05) is 17.9 Å². The van der Waals surface area contributed by atoms with E-state index in [1.165, 1.54) is 24.1 Å². The monoisotopic (exact) mass is 179 g/mol. The standard InChI is InChI=1S/C10H17N3/c1-8-9(7-12-13(8)2)10(3-4-10)5-6-11/h7H,3-6,11H2,1-2H3. The number of aryl methyl sites for hydroxylation is 1. The lowest BCUT2D eigenvalue weighted by molar-refractivity contribution is 0.621. The summed E-state index contributed by atoms with van der Waals surface area (Å²) < 4.78 is 1.95. The molecule has 1 aliphatic carbocycles. The van der Waals surface area contributed by atoms with Gasteiger partial charge in [-0.3, -0.25) is 4.68 Å². The van der Waals surface area contributed by atoms with Crippen LogP contribution in [0, 0.1) is 6.92 Å². The molecule has 72 valence electrons. The van der Waals surface area contributed by atoms with Crippen molar-refractivity contribution in [3.05, 3.63) is 17.5 Å². The van der Waals surface area contributed by atoms with E-state index in [-0.39, 0.29) is 0 Å². The molecule has 1 heterocycles. The van der Waals surface area contributed by atoms with Crippen LogP contribution in [0.3, 0.4) is 0 Å². The topological polar surface area (TPSA) is 43.8 Å². The van der Waals surface area contributed by atoms with E-state index >= 15 is 0 Å².